The Balaban J connectivity index is 1.40. The van der Waals surface area contributed by atoms with Crippen molar-refractivity contribution < 1.29 is 40.3 Å². The van der Waals surface area contributed by atoms with Crippen molar-refractivity contribution in [1.82, 2.24) is 30.2 Å². The highest BCUT2D eigenvalue weighted by Gasteiger charge is 2.40. The molecule has 8 nitrogen and oxygen atoms in total. The number of alkyl halides is 7. The summed E-state index contributed by atoms with van der Waals surface area (Å²) in [6.45, 7) is 0. The van der Waals surface area contributed by atoms with E-state index >= 15 is 0 Å². The molecule has 0 radical (unpaired) electrons. The van der Waals surface area contributed by atoms with Crippen molar-refractivity contribution >= 4 is 17.5 Å². The number of fused-ring (bicyclic) bond motifs is 1. The van der Waals surface area contributed by atoms with Crippen LogP contribution in [0.4, 0.5) is 30.7 Å². The van der Waals surface area contributed by atoms with Gasteiger partial charge in [0.15, 0.2) is 5.65 Å². The molecule has 0 spiro atoms. The largest absolute Gasteiger partial charge is 0.389 e. The fourth-order valence-corrected chi connectivity index (χ4v) is 5.39. The molecule has 2 saturated carbocycles. The Morgan fingerprint density at radius 3 is 2.30 bits per heavy atom. The van der Waals surface area contributed by atoms with Crippen LogP contribution < -0.4 is 10.6 Å². The lowest BCUT2D eigenvalue weighted by atomic mass is 9.81. The van der Waals surface area contributed by atoms with E-state index in [0.717, 1.165) is 31.3 Å². The maximum atomic E-state index is 14.0. The summed E-state index contributed by atoms with van der Waals surface area (Å²) in [5.74, 6) is -4.70. The van der Waals surface area contributed by atoms with Crippen LogP contribution in [-0.2, 0) is 4.79 Å². The normalized spacial score (nSPS) is 18.9. The molecular weight excluding hydrogens is 585 g/mol. The first kappa shape index (κ1) is 30.7. The second-order valence-electron chi connectivity index (χ2n) is 11.2. The molecule has 15 heteroatoms. The van der Waals surface area contributed by atoms with Crippen molar-refractivity contribution in [3.05, 3.63) is 59.3 Å². The van der Waals surface area contributed by atoms with Crippen LogP contribution in [0.2, 0.25) is 0 Å². The molecule has 2 aliphatic carbocycles. The highest BCUT2D eigenvalue weighted by molar-refractivity contribution is 5.94. The molecule has 2 amide bonds. The molecule has 3 aromatic rings. The standard InChI is InChI=1S/C28H29F7N6O2/c29-25(30)18-9-19(12-36-11-18)26(43)40-24(16-3-6-27(31,32)7-4-16)20-14-41-21(38-20)10-17(13-37-41)23(15-1-2-15)39-22(42)5-8-28(33,34)35/h9-16,23-25H,1-8H2,(H,39,42)(H,40,43)/t23-,24+/m1/s1. The lowest BCUT2D eigenvalue weighted by Gasteiger charge is -2.33. The van der Waals surface area contributed by atoms with E-state index < -0.39 is 66.7 Å². The zero-order valence-corrected chi connectivity index (χ0v) is 22.8. The molecule has 0 saturated heterocycles. The van der Waals surface area contributed by atoms with Crippen LogP contribution in [0.3, 0.4) is 0 Å². The zero-order valence-electron chi connectivity index (χ0n) is 22.8. The highest BCUT2D eigenvalue weighted by atomic mass is 19.4. The van der Waals surface area contributed by atoms with Crippen LogP contribution >= 0.6 is 0 Å². The highest BCUT2D eigenvalue weighted by Crippen LogP contribution is 2.43. The molecule has 43 heavy (non-hydrogen) atoms. The van der Waals surface area contributed by atoms with Gasteiger partial charge in [-0.2, -0.15) is 18.3 Å². The van der Waals surface area contributed by atoms with E-state index in [1.165, 1.54) is 16.9 Å². The van der Waals surface area contributed by atoms with E-state index in [-0.39, 0.29) is 37.2 Å². The molecule has 0 bridgehead atoms. The number of aromatic nitrogens is 4. The fourth-order valence-electron chi connectivity index (χ4n) is 5.39. The number of halogens is 7. The van der Waals surface area contributed by atoms with E-state index in [2.05, 4.69) is 25.7 Å². The van der Waals surface area contributed by atoms with Crippen molar-refractivity contribution in [2.75, 3.05) is 0 Å². The van der Waals surface area contributed by atoms with E-state index in [9.17, 15) is 40.3 Å². The first-order valence-corrected chi connectivity index (χ1v) is 13.9. The maximum absolute atomic E-state index is 14.0. The zero-order chi connectivity index (χ0) is 30.9. The van der Waals surface area contributed by atoms with Crippen molar-refractivity contribution in [3.8, 4) is 0 Å². The molecule has 2 fully saturated rings. The van der Waals surface area contributed by atoms with Crippen LogP contribution in [0.15, 0.2) is 36.9 Å². The second kappa shape index (κ2) is 12.1. The van der Waals surface area contributed by atoms with Gasteiger partial charge >= 0.3 is 6.18 Å². The summed E-state index contributed by atoms with van der Waals surface area (Å²) >= 11 is 0. The Morgan fingerprint density at radius 1 is 0.953 bits per heavy atom. The molecule has 232 valence electrons. The summed E-state index contributed by atoms with van der Waals surface area (Å²) in [5, 5.41) is 9.79. The lowest BCUT2D eigenvalue weighted by molar-refractivity contribution is -0.144. The minimum Gasteiger partial charge on any atom is -0.349 e. The molecule has 3 aromatic heterocycles. The van der Waals surface area contributed by atoms with E-state index in [4.69, 9.17) is 0 Å². The van der Waals surface area contributed by atoms with Crippen LogP contribution in [-0.4, -0.2) is 43.5 Å². The molecule has 2 N–H and O–H groups in total. The predicted molar refractivity (Wildman–Crippen MR) is 138 cm³/mol. The number of hydrogen-bond donors (Lipinski definition) is 2. The van der Waals surface area contributed by atoms with Crippen molar-refractivity contribution in [3.63, 3.8) is 0 Å². The monoisotopic (exact) mass is 614 g/mol. The number of rotatable bonds is 10. The fraction of sp³-hybridized carbons (Fsp3) is 0.536. The van der Waals surface area contributed by atoms with Gasteiger partial charge in [0.05, 0.1) is 42.2 Å². The topological polar surface area (TPSA) is 101 Å². The second-order valence-corrected chi connectivity index (χ2v) is 11.2. The molecule has 2 atom stereocenters. The van der Waals surface area contributed by atoms with E-state index in [0.29, 0.717) is 16.9 Å². The Morgan fingerprint density at radius 2 is 1.65 bits per heavy atom. The molecule has 2 aliphatic rings. The van der Waals surface area contributed by atoms with E-state index in [1.807, 2.05) is 0 Å². The van der Waals surface area contributed by atoms with Gasteiger partial charge in [-0.3, -0.25) is 14.6 Å². The maximum Gasteiger partial charge on any atom is 0.389 e. The number of pyridine rings is 1. The molecule has 0 aliphatic heterocycles. The van der Waals surface area contributed by atoms with Gasteiger partial charge < -0.3 is 10.6 Å². The Bertz CT molecular complexity index is 1460. The minimum absolute atomic E-state index is 0.0297. The molecular formula is C28H29F7N6O2. The van der Waals surface area contributed by atoms with Gasteiger partial charge in [-0.05, 0) is 55.2 Å². The number of carbonyl (C=O) groups is 2. The third kappa shape index (κ3) is 7.79. The predicted octanol–water partition coefficient (Wildman–Crippen LogP) is 6.27. The van der Waals surface area contributed by atoms with E-state index in [1.54, 1.807) is 6.07 Å². The summed E-state index contributed by atoms with van der Waals surface area (Å²) in [6, 6.07) is 1.22. The van der Waals surface area contributed by atoms with Gasteiger partial charge in [-0.15, -0.1) is 0 Å². The van der Waals surface area contributed by atoms with Crippen molar-refractivity contribution in [2.24, 2.45) is 11.8 Å². The quantitative estimate of drug-likeness (QED) is 0.262. The Labute approximate surface area is 241 Å². The third-order valence-electron chi connectivity index (χ3n) is 7.88. The summed E-state index contributed by atoms with van der Waals surface area (Å²) in [6.07, 6.45) is -3.24. The Hall–Kier alpha value is -3.78. The third-order valence-corrected chi connectivity index (χ3v) is 7.88. The number of hydrogen-bond acceptors (Lipinski definition) is 5. The smallest absolute Gasteiger partial charge is 0.349 e. The summed E-state index contributed by atoms with van der Waals surface area (Å²) in [7, 11) is 0. The number of amides is 2. The average Bonchev–Trinajstić information content (AvgIpc) is 3.71. The van der Waals surface area contributed by atoms with Crippen LogP contribution in [0.5, 0.6) is 0 Å². The van der Waals surface area contributed by atoms with Crippen LogP contribution in [0.1, 0.15) is 97.1 Å². The number of nitrogens with one attached hydrogen (secondary N) is 2. The first-order valence-electron chi connectivity index (χ1n) is 13.9. The van der Waals surface area contributed by atoms with Gasteiger partial charge in [0.1, 0.15) is 0 Å². The van der Waals surface area contributed by atoms with Gasteiger partial charge in [-0.1, -0.05) is 0 Å². The molecule has 3 heterocycles. The van der Waals surface area contributed by atoms with Crippen molar-refractivity contribution in [1.29, 1.82) is 0 Å². The summed E-state index contributed by atoms with van der Waals surface area (Å²) < 4.78 is 93.5. The van der Waals surface area contributed by atoms with Gasteiger partial charge in [0.2, 0.25) is 11.8 Å². The molecule has 5 rings (SSSR count). The lowest BCUT2D eigenvalue weighted by Crippen LogP contribution is -2.37. The number of nitrogens with zero attached hydrogens (tertiary/aromatic N) is 4. The van der Waals surface area contributed by atoms with Gasteiger partial charge in [0.25, 0.3) is 12.3 Å². The SMILES string of the molecule is O=C(CCC(F)(F)F)N[C@@H](c1cnn2cc([C@@H](NC(=O)c3cncc(C(F)F)c3)C3CCC(F)(F)CC3)nc2c1)C1CC1. The van der Waals surface area contributed by atoms with Crippen LogP contribution in [0.25, 0.3) is 5.65 Å². The average molecular weight is 615 g/mol. The summed E-state index contributed by atoms with van der Waals surface area (Å²) in [5.41, 5.74) is 0.594. The molecule has 0 unspecified atom stereocenters. The van der Waals surface area contributed by atoms with Gasteiger partial charge in [0, 0.05) is 37.2 Å². The van der Waals surface area contributed by atoms with Gasteiger partial charge in [-0.25, -0.2) is 27.1 Å². The first-order chi connectivity index (χ1) is 20.3. The van der Waals surface area contributed by atoms with Crippen molar-refractivity contribution in [2.45, 2.75) is 82.0 Å². The Kier molecular flexibility index (Phi) is 8.61. The molecule has 0 aromatic carbocycles. The minimum atomic E-state index is -4.46. The van der Waals surface area contributed by atoms with Crippen LogP contribution in [0, 0.1) is 11.8 Å². The summed E-state index contributed by atoms with van der Waals surface area (Å²) in [4.78, 5) is 33.7. The number of imidazole rings is 1. The number of carbonyl (C=O) groups excluding carboxylic acids is 2.